The summed E-state index contributed by atoms with van der Waals surface area (Å²) in [6.45, 7) is 1.54. The Bertz CT molecular complexity index is 816. The summed E-state index contributed by atoms with van der Waals surface area (Å²) in [6, 6.07) is 11.5. The molecular formula is C18H16N2O4. The minimum atomic E-state index is -0.373. The Hall–Kier alpha value is -3.02. The molecule has 1 aromatic heterocycles. The van der Waals surface area contributed by atoms with Crippen LogP contribution in [0.5, 0.6) is 5.75 Å². The summed E-state index contributed by atoms with van der Waals surface area (Å²) in [5.74, 6) is 1.18. The minimum absolute atomic E-state index is 0.156. The third-order valence-electron chi connectivity index (χ3n) is 3.85. The summed E-state index contributed by atoms with van der Waals surface area (Å²) in [4.78, 5) is 16.6. The number of anilines is 1. The molecule has 0 saturated heterocycles. The molecule has 0 atom stereocenters. The smallest absolute Gasteiger partial charge is 0.295 e. The standard InChI is InChI=1S/C18H16N2O4/c21-18(16-11-22-8-9-24-16)20-17-3-1-2-14(19-17)12-4-5-15-13(10-12)6-7-23-15/h1-5,10-11H,6-9H2,(H,19,20,21). The second-order valence-corrected chi connectivity index (χ2v) is 5.48. The summed E-state index contributed by atoms with van der Waals surface area (Å²) >= 11 is 0. The molecule has 0 unspecified atom stereocenters. The van der Waals surface area contributed by atoms with Gasteiger partial charge in [-0.1, -0.05) is 6.07 Å². The van der Waals surface area contributed by atoms with Crippen LogP contribution in [0.15, 0.2) is 48.4 Å². The van der Waals surface area contributed by atoms with Gasteiger partial charge in [0.25, 0.3) is 5.91 Å². The first-order valence-electron chi connectivity index (χ1n) is 7.79. The number of carbonyl (C=O) groups is 1. The van der Waals surface area contributed by atoms with Gasteiger partial charge in [0.1, 0.15) is 31.0 Å². The first-order valence-corrected chi connectivity index (χ1v) is 7.79. The number of hydrogen-bond donors (Lipinski definition) is 1. The van der Waals surface area contributed by atoms with Gasteiger partial charge in [-0.2, -0.15) is 0 Å². The van der Waals surface area contributed by atoms with Crippen LogP contribution >= 0.6 is 0 Å². The summed E-state index contributed by atoms with van der Waals surface area (Å²) in [6.07, 6.45) is 2.23. The van der Waals surface area contributed by atoms with Crippen molar-refractivity contribution in [2.45, 2.75) is 6.42 Å². The van der Waals surface area contributed by atoms with E-state index in [0.717, 1.165) is 30.0 Å². The van der Waals surface area contributed by atoms with E-state index >= 15 is 0 Å². The molecule has 6 heteroatoms. The number of nitrogens with zero attached hydrogens (tertiary/aromatic N) is 1. The number of nitrogens with one attached hydrogen (secondary N) is 1. The van der Waals surface area contributed by atoms with Gasteiger partial charge >= 0.3 is 0 Å². The number of aromatic nitrogens is 1. The van der Waals surface area contributed by atoms with E-state index in [1.807, 2.05) is 24.3 Å². The molecule has 4 rings (SSSR count). The molecule has 0 saturated carbocycles. The number of benzene rings is 1. The zero-order valence-corrected chi connectivity index (χ0v) is 13.0. The molecule has 2 aliphatic heterocycles. The van der Waals surface area contributed by atoms with E-state index < -0.39 is 0 Å². The zero-order chi connectivity index (χ0) is 16.4. The van der Waals surface area contributed by atoms with Crippen molar-refractivity contribution >= 4 is 11.7 Å². The predicted molar refractivity (Wildman–Crippen MR) is 87.5 cm³/mol. The largest absolute Gasteiger partial charge is 0.494 e. The Kier molecular flexibility index (Phi) is 3.78. The Labute approximate surface area is 139 Å². The van der Waals surface area contributed by atoms with Crippen LogP contribution in [0.2, 0.25) is 0 Å². The number of fused-ring (bicyclic) bond motifs is 1. The van der Waals surface area contributed by atoms with Gasteiger partial charge in [-0.15, -0.1) is 0 Å². The van der Waals surface area contributed by atoms with Crippen LogP contribution in [0.1, 0.15) is 5.56 Å². The van der Waals surface area contributed by atoms with Crippen molar-refractivity contribution in [3.8, 4) is 17.0 Å². The van der Waals surface area contributed by atoms with Crippen molar-refractivity contribution < 1.29 is 19.0 Å². The monoisotopic (exact) mass is 324 g/mol. The molecule has 6 nitrogen and oxygen atoms in total. The van der Waals surface area contributed by atoms with Crippen LogP contribution in [0.25, 0.3) is 11.3 Å². The van der Waals surface area contributed by atoms with Gasteiger partial charge in [-0.05, 0) is 35.9 Å². The molecule has 122 valence electrons. The lowest BCUT2D eigenvalue weighted by Gasteiger charge is -2.15. The molecule has 1 aromatic carbocycles. The van der Waals surface area contributed by atoms with Gasteiger partial charge in [-0.3, -0.25) is 4.79 Å². The van der Waals surface area contributed by atoms with Crippen LogP contribution in [0, 0.1) is 0 Å². The fourth-order valence-electron chi connectivity index (χ4n) is 2.68. The van der Waals surface area contributed by atoms with E-state index in [9.17, 15) is 4.79 Å². The maximum atomic E-state index is 12.1. The molecule has 2 aromatic rings. The SMILES string of the molecule is O=C(Nc1cccc(-c2ccc3c(c2)CCO3)n1)C1=COCCO1. The van der Waals surface area contributed by atoms with Crippen molar-refractivity contribution in [1.82, 2.24) is 4.98 Å². The Morgan fingerprint density at radius 3 is 2.92 bits per heavy atom. The van der Waals surface area contributed by atoms with Crippen molar-refractivity contribution in [3.63, 3.8) is 0 Å². The molecule has 1 N–H and O–H groups in total. The second-order valence-electron chi connectivity index (χ2n) is 5.48. The molecule has 2 aliphatic rings. The number of carbonyl (C=O) groups excluding carboxylic acids is 1. The molecule has 0 bridgehead atoms. The van der Waals surface area contributed by atoms with Gasteiger partial charge in [0.2, 0.25) is 5.76 Å². The highest BCUT2D eigenvalue weighted by atomic mass is 16.6. The summed E-state index contributed by atoms with van der Waals surface area (Å²) in [7, 11) is 0. The highest BCUT2D eigenvalue weighted by Crippen LogP contribution is 2.30. The quantitative estimate of drug-likeness (QED) is 0.939. The average Bonchev–Trinajstić information content (AvgIpc) is 3.10. The summed E-state index contributed by atoms with van der Waals surface area (Å²) < 4.78 is 15.9. The van der Waals surface area contributed by atoms with Crippen LogP contribution in [0.3, 0.4) is 0 Å². The third-order valence-corrected chi connectivity index (χ3v) is 3.85. The lowest BCUT2D eigenvalue weighted by molar-refractivity contribution is -0.117. The molecule has 1 amide bonds. The lowest BCUT2D eigenvalue weighted by Crippen LogP contribution is -2.21. The van der Waals surface area contributed by atoms with Gasteiger partial charge in [0.15, 0.2) is 0 Å². The van der Waals surface area contributed by atoms with Gasteiger partial charge < -0.3 is 19.5 Å². The Morgan fingerprint density at radius 2 is 2.04 bits per heavy atom. The van der Waals surface area contributed by atoms with E-state index in [2.05, 4.69) is 16.4 Å². The summed E-state index contributed by atoms with van der Waals surface area (Å²) in [5, 5.41) is 2.73. The number of pyridine rings is 1. The molecular weight excluding hydrogens is 308 g/mol. The predicted octanol–water partition coefficient (Wildman–Crippen LogP) is 2.51. The van der Waals surface area contributed by atoms with Crippen LogP contribution in [-0.2, 0) is 20.7 Å². The van der Waals surface area contributed by atoms with Crippen LogP contribution in [-0.4, -0.2) is 30.7 Å². The number of rotatable bonds is 3. The normalized spacial score (nSPS) is 15.4. The maximum Gasteiger partial charge on any atom is 0.295 e. The third kappa shape index (κ3) is 2.90. The topological polar surface area (TPSA) is 69.7 Å². The fourth-order valence-corrected chi connectivity index (χ4v) is 2.68. The average molecular weight is 324 g/mol. The molecule has 3 heterocycles. The van der Waals surface area contributed by atoms with E-state index in [1.54, 1.807) is 6.07 Å². The molecule has 24 heavy (non-hydrogen) atoms. The van der Waals surface area contributed by atoms with Gasteiger partial charge in [-0.25, -0.2) is 4.98 Å². The first-order chi connectivity index (χ1) is 11.8. The van der Waals surface area contributed by atoms with Crippen LogP contribution in [0.4, 0.5) is 5.82 Å². The first kappa shape index (κ1) is 14.6. The number of hydrogen-bond acceptors (Lipinski definition) is 5. The maximum absolute atomic E-state index is 12.1. The van der Waals surface area contributed by atoms with Crippen molar-refractivity contribution in [3.05, 3.63) is 54.0 Å². The Morgan fingerprint density at radius 1 is 1.08 bits per heavy atom. The Balaban J connectivity index is 1.55. The minimum Gasteiger partial charge on any atom is -0.494 e. The van der Waals surface area contributed by atoms with Gasteiger partial charge in [0.05, 0.1) is 12.3 Å². The van der Waals surface area contributed by atoms with E-state index in [4.69, 9.17) is 14.2 Å². The summed E-state index contributed by atoms with van der Waals surface area (Å²) in [5.41, 5.74) is 2.96. The van der Waals surface area contributed by atoms with Gasteiger partial charge in [0, 0.05) is 12.0 Å². The fraction of sp³-hybridized carbons (Fsp3) is 0.222. The van der Waals surface area contributed by atoms with Crippen LogP contribution < -0.4 is 10.1 Å². The number of ether oxygens (including phenoxy) is 3. The van der Waals surface area contributed by atoms with Crippen molar-refractivity contribution in [2.75, 3.05) is 25.1 Å². The molecule has 0 fully saturated rings. The van der Waals surface area contributed by atoms with E-state index in [0.29, 0.717) is 19.0 Å². The number of amides is 1. The second kappa shape index (κ2) is 6.23. The zero-order valence-electron chi connectivity index (χ0n) is 13.0. The van der Waals surface area contributed by atoms with Crippen molar-refractivity contribution in [1.29, 1.82) is 0 Å². The highest BCUT2D eigenvalue weighted by molar-refractivity contribution is 6.01. The molecule has 0 aliphatic carbocycles. The molecule has 0 spiro atoms. The van der Waals surface area contributed by atoms with E-state index in [-0.39, 0.29) is 11.7 Å². The van der Waals surface area contributed by atoms with Crippen molar-refractivity contribution in [2.24, 2.45) is 0 Å². The van der Waals surface area contributed by atoms with E-state index in [1.165, 1.54) is 11.8 Å². The lowest BCUT2D eigenvalue weighted by atomic mass is 10.1. The highest BCUT2D eigenvalue weighted by Gasteiger charge is 2.16. The molecule has 0 radical (unpaired) electrons.